The van der Waals surface area contributed by atoms with E-state index in [1.165, 1.54) is 0 Å². The highest BCUT2D eigenvalue weighted by Gasteiger charge is 2.47. The molecule has 3 aliphatic rings. The predicted octanol–water partition coefficient (Wildman–Crippen LogP) is 1.53. The van der Waals surface area contributed by atoms with Crippen molar-refractivity contribution in [1.29, 1.82) is 0 Å². The lowest BCUT2D eigenvalue weighted by atomic mass is 9.73. The maximum atomic E-state index is 10.0. The maximum absolute atomic E-state index is 10.0. The second-order valence-corrected chi connectivity index (χ2v) is 8.61. The summed E-state index contributed by atoms with van der Waals surface area (Å²) in [5.41, 5.74) is 20.6. The van der Waals surface area contributed by atoms with Crippen LogP contribution in [0.4, 0.5) is 17.2 Å². The number of aliphatic hydroxyl groups is 1. The molecule has 0 aliphatic carbocycles. The maximum Gasteiger partial charge on any atom is 0.153 e. The van der Waals surface area contributed by atoms with Crippen LogP contribution in [0, 0.1) is 12.3 Å². The Morgan fingerprint density at radius 2 is 2.00 bits per heavy atom. The number of hydrazine groups is 2. The first-order chi connectivity index (χ1) is 14.5. The monoisotopic (exact) mass is 411 g/mol. The van der Waals surface area contributed by atoms with Gasteiger partial charge < -0.3 is 31.3 Å². The second kappa shape index (κ2) is 7.35. The summed E-state index contributed by atoms with van der Waals surface area (Å²) in [5.74, 6) is 0.775. The molecule has 1 aromatic carbocycles. The van der Waals surface area contributed by atoms with Crippen molar-refractivity contribution < 1.29 is 9.84 Å². The number of hydrogen-bond donors (Lipinski definition) is 5. The average molecular weight is 412 g/mol. The number of benzene rings is 1. The number of rotatable bonds is 3. The minimum absolute atomic E-state index is 0.0528. The Kier molecular flexibility index (Phi) is 4.78. The van der Waals surface area contributed by atoms with Crippen LogP contribution in [0.2, 0.25) is 0 Å². The number of fused-ring (bicyclic) bond motifs is 1. The Morgan fingerprint density at radius 1 is 1.23 bits per heavy atom. The number of piperidine rings is 1. The van der Waals surface area contributed by atoms with Gasteiger partial charge in [0.15, 0.2) is 5.82 Å². The highest BCUT2D eigenvalue weighted by atomic mass is 16.5. The molecule has 0 saturated carbocycles. The third-order valence-corrected chi connectivity index (χ3v) is 6.86. The highest BCUT2D eigenvalue weighted by Crippen LogP contribution is 2.42. The SMILES string of the molecule is Cc1nc(N2CCC3(CC2)CO[C@@H](C)[C@H]3N)c(CO)nc1-c1ccc2c(c1)NNN2. The average Bonchev–Trinajstić information content (AvgIpc) is 3.34. The van der Waals surface area contributed by atoms with Crippen molar-refractivity contribution in [3.8, 4) is 11.3 Å². The molecular weight excluding hydrogens is 382 g/mol. The molecule has 9 heteroatoms. The van der Waals surface area contributed by atoms with Crippen LogP contribution >= 0.6 is 0 Å². The molecule has 2 atom stereocenters. The van der Waals surface area contributed by atoms with Crippen molar-refractivity contribution in [3.63, 3.8) is 0 Å². The van der Waals surface area contributed by atoms with E-state index >= 15 is 0 Å². The lowest BCUT2D eigenvalue weighted by Crippen LogP contribution is -2.51. The Labute approximate surface area is 176 Å². The quantitative estimate of drug-likeness (QED) is 0.512. The van der Waals surface area contributed by atoms with Crippen molar-refractivity contribution in [2.45, 2.75) is 45.4 Å². The van der Waals surface area contributed by atoms with Gasteiger partial charge in [-0.05, 0) is 38.8 Å². The molecule has 5 rings (SSSR count). The number of nitrogens with zero attached hydrogens (tertiary/aromatic N) is 3. The number of nitrogens with one attached hydrogen (secondary N) is 3. The number of ether oxygens (including phenoxy) is 1. The van der Waals surface area contributed by atoms with E-state index in [1.54, 1.807) is 0 Å². The molecule has 6 N–H and O–H groups in total. The Morgan fingerprint density at radius 3 is 2.70 bits per heavy atom. The zero-order valence-corrected chi connectivity index (χ0v) is 17.4. The third kappa shape index (κ3) is 3.09. The van der Waals surface area contributed by atoms with Gasteiger partial charge in [-0.15, -0.1) is 5.53 Å². The van der Waals surface area contributed by atoms with E-state index in [1.807, 2.05) is 25.1 Å². The molecular formula is C21H29N7O2. The third-order valence-electron chi connectivity index (χ3n) is 6.86. The van der Waals surface area contributed by atoms with E-state index in [0.29, 0.717) is 5.69 Å². The molecule has 3 aliphatic heterocycles. The normalized spacial score (nSPS) is 24.6. The first kappa shape index (κ1) is 19.5. The largest absolute Gasteiger partial charge is 0.390 e. The van der Waals surface area contributed by atoms with Gasteiger partial charge in [0.25, 0.3) is 0 Å². The zero-order valence-electron chi connectivity index (χ0n) is 17.4. The number of nitrogens with two attached hydrogens (primary N) is 1. The summed E-state index contributed by atoms with van der Waals surface area (Å²) >= 11 is 0. The molecule has 4 heterocycles. The molecule has 30 heavy (non-hydrogen) atoms. The van der Waals surface area contributed by atoms with Gasteiger partial charge in [0, 0.05) is 30.1 Å². The van der Waals surface area contributed by atoms with Gasteiger partial charge in [0.05, 0.1) is 42.1 Å². The Hall–Kier alpha value is -2.46. The van der Waals surface area contributed by atoms with Gasteiger partial charge >= 0.3 is 0 Å². The second-order valence-electron chi connectivity index (χ2n) is 8.61. The summed E-state index contributed by atoms with van der Waals surface area (Å²) < 4.78 is 5.83. The molecule has 160 valence electrons. The summed E-state index contributed by atoms with van der Waals surface area (Å²) in [7, 11) is 0. The smallest absolute Gasteiger partial charge is 0.153 e. The van der Waals surface area contributed by atoms with E-state index in [9.17, 15) is 5.11 Å². The fraction of sp³-hybridized carbons (Fsp3) is 0.524. The van der Waals surface area contributed by atoms with E-state index < -0.39 is 0 Å². The van der Waals surface area contributed by atoms with Gasteiger partial charge in [0.2, 0.25) is 0 Å². The molecule has 2 aromatic rings. The molecule has 0 unspecified atom stereocenters. The van der Waals surface area contributed by atoms with Gasteiger partial charge in [-0.3, -0.25) is 0 Å². The molecule has 1 spiro atoms. The fourth-order valence-electron chi connectivity index (χ4n) is 4.88. The first-order valence-electron chi connectivity index (χ1n) is 10.5. The number of aromatic nitrogens is 2. The number of anilines is 3. The molecule has 1 aromatic heterocycles. The van der Waals surface area contributed by atoms with Crippen LogP contribution in [0.1, 0.15) is 31.2 Å². The van der Waals surface area contributed by atoms with Crippen LogP contribution in [0.15, 0.2) is 18.2 Å². The molecule has 0 amide bonds. The summed E-state index contributed by atoms with van der Waals surface area (Å²) in [5, 5.41) is 10.0. The molecule has 2 saturated heterocycles. The van der Waals surface area contributed by atoms with E-state index in [4.69, 9.17) is 20.4 Å². The van der Waals surface area contributed by atoms with Crippen molar-refractivity contribution in [2.24, 2.45) is 11.1 Å². The van der Waals surface area contributed by atoms with Crippen LogP contribution < -0.4 is 27.0 Å². The Bertz CT molecular complexity index is 959. The van der Waals surface area contributed by atoms with Crippen molar-refractivity contribution in [1.82, 2.24) is 15.5 Å². The van der Waals surface area contributed by atoms with Crippen LogP contribution in [-0.2, 0) is 11.3 Å². The number of aliphatic hydroxyl groups excluding tert-OH is 1. The van der Waals surface area contributed by atoms with Gasteiger partial charge in [-0.1, -0.05) is 6.07 Å². The standard InChI is InChI=1S/C21H29N7O2/c1-12-18(14-3-4-15-16(9-14)26-27-25-15)24-17(10-29)20(23-12)28-7-5-21(6-8-28)11-30-13(2)19(21)22/h3-4,9,13,19,25-27,29H,5-8,10-11,22H2,1-2H3/t13-,19+/m0/s1. The van der Waals surface area contributed by atoms with Crippen LogP contribution in [0.25, 0.3) is 11.3 Å². The van der Waals surface area contributed by atoms with Crippen molar-refractivity contribution >= 4 is 17.2 Å². The molecule has 9 nitrogen and oxygen atoms in total. The van der Waals surface area contributed by atoms with Crippen molar-refractivity contribution in [2.75, 3.05) is 35.4 Å². The first-order valence-corrected chi connectivity index (χ1v) is 10.5. The summed E-state index contributed by atoms with van der Waals surface area (Å²) in [6.45, 7) is 6.29. The summed E-state index contributed by atoms with van der Waals surface area (Å²) in [6, 6.07) is 6.09. The van der Waals surface area contributed by atoms with Crippen LogP contribution in [-0.4, -0.2) is 46.9 Å². The molecule has 2 fully saturated rings. The van der Waals surface area contributed by atoms with E-state index in [0.717, 1.165) is 66.7 Å². The fourth-order valence-corrected chi connectivity index (χ4v) is 4.88. The number of hydrogen-bond acceptors (Lipinski definition) is 9. The number of aryl methyl sites for hydroxylation is 1. The van der Waals surface area contributed by atoms with Gasteiger partial charge in [-0.2, -0.15) is 0 Å². The minimum Gasteiger partial charge on any atom is -0.390 e. The van der Waals surface area contributed by atoms with E-state index in [-0.39, 0.29) is 24.2 Å². The lowest BCUT2D eigenvalue weighted by molar-refractivity contribution is 0.0973. The minimum atomic E-state index is -0.150. The molecule has 0 radical (unpaired) electrons. The molecule has 0 bridgehead atoms. The Balaban J connectivity index is 1.41. The van der Waals surface area contributed by atoms with Gasteiger partial charge in [0.1, 0.15) is 5.69 Å². The van der Waals surface area contributed by atoms with E-state index in [2.05, 4.69) is 28.2 Å². The van der Waals surface area contributed by atoms with Gasteiger partial charge in [-0.25, -0.2) is 9.97 Å². The van der Waals surface area contributed by atoms with Crippen LogP contribution in [0.3, 0.4) is 0 Å². The van der Waals surface area contributed by atoms with Crippen LogP contribution in [0.5, 0.6) is 0 Å². The topological polar surface area (TPSA) is 121 Å². The lowest BCUT2D eigenvalue weighted by Gasteiger charge is -2.42. The zero-order chi connectivity index (χ0) is 20.9. The summed E-state index contributed by atoms with van der Waals surface area (Å²) in [6.07, 6.45) is 2.03. The predicted molar refractivity (Wildman–Crippen MR) is 116 cm³/mol. The summed E-state index contributed by atoms with van der Waals surface area (Å²) in [4.78, 5) is 11.9. The van der Waals surface area contributed by atoms with Crippen molar-refractivity contribution in [3.05, 3.63) is 29.6 Å². The highest BCUT2D eigenvalue weighted by molar-refractivity contribution is 5.78.